The van der Waals surface area contributed by atoms with Crippen molar-refractivity contribution < 1.29 is 9.15 Å². The molecule has 5 heteroatoms. The molecule has 2 aromatic carbocycles. The average Bonchev–Trinajstić information content (AvgIpc) is 2.69. The Morgan fingerprint density at radius 1 is 1.00 bits per heavy atom. The highest BCUT2D eigenvalue weighted by atomic mass is 16.5. The topological polar surface area (TPSA) is 55.0 Å². The number of hydrazone groups is 1. The molecule has 0 unspecified atom stereocenters. The molecule has 26 heavy (non-hydrogen) atoms. The Hall–Kier alpha value is -3.08. The van der Waals surface area contributed by atoms with Crippen LogP contribution in [0.4, 0.5) is 0 Å². The third kappa shape index (κ3) is 3.61. The molecular formula is C21H20N2O3. The van der Waals surface area contributed by atoms with Gasteiger partial charge in [0, 0.05) is 19.2 Å². The van der Waals surface area contributed by atoms with E-state index in [2.05, 4.69) is 5.10 Å². The molecule has 1 aromatic heterocycles. The molecule has 4 rings (SSSR count). The van der Waals surface area contributed by atoms with Gasteiger partial charge in [-0.2, -0.15) is 5.10 Å². The largest absolute Gasteiger partial charge is 0.463 e. The summed E-state index contributed by atoms with van der Waals surface area (Å²) in [5, 5.41) is 6.94. The summed E-state index contributed by atoms with van der Waals surface area (Å²) in [7, 11) is 0. The SMILES string of the molecule is O=c1c(C=NN2CCCCC2)coc2cc(Oc3ccccc3)ccc12. The Labute approximate surface area is 151 Å². The lowest BCUT2D eigenvalue weighted by molar-refractivity contribution is 0.240. The van der Waals surface area contributed by atoms with Crippen LogP contribution in [0.5, 0.6) is 11.5 Å². The second-order valence-corrected chi connectivity index (χ2v) is 6.35. The van der Waals surface area contributed by atoms with Gasteiger partial charge >= 0.3 is 0 Å². The molecule has 0 amide bonds. The number of piperidine rings is 1. The summed E-state index contributed by atoms with van der Waals surface area (Å²) in [5.74, 6) is 1.36. The van der Waals surface area contributed by atoms with Crippen LogP contribution in [0.25, 0.3) is 11.0 Å². The number of para-hydroxylation sites is 1. The van der Waals surface area contributed by atoms with Gasteiger partial charge in [0.15, 0.2) is 0 Å². The molecule has 0 spiro atoms. The molecule has 1 aliphatic rings. The number of ether oxygens (including phenoxy) is 1. The van der Waals surface area contributed by atoms with Gasteiger partial charge in [-0.15, -0.1) is 0 Å². The Bertz CT molecular complexity index is 973. The van der Waals surface area contributed by atoms with E-state index in [-0.39, 0.29) is 5.43 Å². The van der Waals surface area contributed by atoms with Crippen molar-refractivity contribution in [3.05, 3.63) is 70.6 Å². The lowest BCUT2D eigenvalue weighted by atomic mass is 10.1. The first-order chi connectivity index (χ1) is 12.8. The van der Waals surface area contributed by atoms with Crippen LogP contribution in [0.2, 0.25) is 0 Å². The van der Waals surface area contributed by atoms with Crippen molar-refractivity contribution in [3.63, 3.8) is 0 Å². The van der Waals surface area contributed by atoms with Gasteiger partial charge < -0.3 is 9.15 Å². The number of nitrogens with zero attached hydrogens (tertiary/aromatic N) is 2. The van der Waals surface area contributed by atoms with Crippen LogP contribution in [0.1, 0.15) is 24.8 Å². The van der Waals surface area contributed by atoms with Crippen molar-refractivity contribution in [2.45, 2.75) is 19.3 Å². The zero-order valence-electron chi connectivity index (χ0n) is 14.4. The molecule has 1 aliphatic heterocycles. The summed E-state index contributed by atoms with van der Waals surface area (Å²) < 4.78 is 11.4. The Morgan fingerprint density at radius 2 is 1.81 bits per heavy atom. The summed E-state index contributed by atoms with van der Waals surface area (Å²) in [6.45, 7) is 1.88. The van der Waals surface area contributed by atoms with E-state index in [1.165, 1.54) is 12.7 Å². The molecule has 1 fully saturated rings. The lowest BCUT2D eigenvalue weighted by Crippen LogP contribution is -2.25. The zero-order chi connectivity index (χ0) is 17.8. The summed E-state index contributed by atoms with van der Waals surface area (Å²) in [6.07, 6.45) is 6.61. The third-order valence-corrected chi connectivity index (χ3v) is 4.44. The maximum Gasteiger partial charge on any atom is 0.201 e. The molecule has 0 aliphatic carbocycles. The van der Waals surface area contributed by atoms with Gasteiger partial charge in [0.2, 0.25) is 5.43 Å². The summed E-state index contributed by atoms with van der Waals surface area (Å²) >= 11 is 0. The maximum absolute atomic E-state index is 12.7. The monoisotopic (exact) mass is 348 g/mol. The van der Waals surface area contributed by atoms with Gasteiger partial charge in [0.25, 0.3) is 0 Å². The van der Waals surface area contributed by atoms with Gasteiger partial charge in [-0.25, -0.2) is 0 Å². The molecular weight excluding hydrogens is 328 g/mol. The molecule has 1 saturated heterocycles. The fraction of sp³-hybridized carbons (Fsp3) is 0.238. The lowest BCUT2D eigenvalue weighted by Gasteiger charge is -2.23. The van der Waals surface area contributed by atoms with Crippen LogP contribution >= 0.6 is 0 Å². The summed E-state index contributed by atoms with van der Waals surface area (Å²) in [4.78, 5) is 12.7. The summed E-state index contributed by atoms with van der Waals surface area (Å²) in [6, 6.07) is 14.7. The fourth-order valence-corrected chi connectivity index (χ4v) is 3.04. The van der Waals surface area contributed by atoms with E-state index in [0.717, 1.165) is 31.7 Å². The fourth-order valence-electron chi connectivity index (χ4n) is 3.04. The molecule has 0 saturated carbocycles. The zero-order valence-corrected chi connectivity index (χ0v) is 14.4. The maximum atomic E-state index is 12.7. The number of hydrogen-bond donors (Lipinski definition) is 0. The number of benzene rings is 2. The second kappa shape index (κ2) is 7.44. The van der Waals surface area contributed by atoms with Gasteiger partial charge in [0.1, 0.15) is 23.3 Å². The minimum Gasteiger partial charge on any atom is -0.463 e. The molecule has 0 radical (unpaired) electrons. The van der Waals surface area contributed by atoms with Gasteiger partial charge in [-0.3, -0.25) is 9.80 Å². The van der Waals surface area contributed by atoms with E-state index in [9.17, 15) is 4.79 Å². The van der Waals surface area contributed by atoms with Crippen LogP contribution in [0, 0.1) is 0 Å². The minimum absolute atomic E-state index is 0.0849. The molecule has 3 aromatic rings. The van der Waals surface area contributed by atoms with Crippen molar-refractivity contribution in [2.75, 3.05) is 13.1 Å². The predicted molar refractivity (Wildman–Crippen MR) is 102 cm³/mol. The number of hydrogen-bond acceptors (Lipinski definition) is 5. The van der Waals surface area contributed by atoms with E-state index in [4.69, 9.17) is 9.15 Å². The molecule has 2 heterocycles. The Kier molecular flexibility index (Phi) is 4.69. The first kappa shape index (κ1) is 16.4. The van der Waals surface area contributed by atoms with Crippen LogP contribution in [-0.2, 0) is 0 Å². The molecule has 0 bridgehead atoms. The standard InChI is InChI=1S/C21H20N2O3/c24-21-16(14-22-23-11-5-2-6-12-23)15-25-20-13-18(9-10-19(20)21)26-17-7-3-1-4-8-17/h1,3-4,7-10,13-15H,2,5-6,11-12H2. The van der Waals surface area contributed by atoms with E-state index >= 15 is 0 Å². The van der Waals surface area contributed by atoms with Gasteiger partial charge in [-0.05, 0) is 43.5 Å². The molecule has 0 atom stereocenters. The van der Waals surface area contributed by atoms with Crippen LogP contribution in [0.15, 0.2) is 69.1 Å². The van der Waals surface area contributed by atoms with Crippen LogP contribution in [-0.4, -0.2) is 24.3 Å². The van der Waals surface area contributed by atoms with E-state index in [1.54, 1.807) is 24.4 Å². The normalized spacial score (nSPS) is 14.8. The van der Waals surface area contributed by atoms with Gasteiger partial charge in [0.05, 0.1) is 17.2 Å². The quantitative estimate of drug-likeness (QED) is 0.656. The first-order valence-electron chi connectivity index (χ1n) is 8.87. The highest BCUT2D eigenvalue weighted by molar-refractivity contribution is 5.86. The average molecular weight is 348 g/mol. The molecule has 132 valence electrons. The van der Waals surface area contributed by atoms with E-state index in [0.29, 0.717) is 22.3 Å². The van der Waals surface area contributed by atoms with E-state index < -0.39 is 0 Å². The van der Waals surface area contributed by atoms with Crippen molar-refractivity contribution >= 4 is 17.2 Å². The van der Waals surface area contributed by atoms with Crippen molar-refractivity contribution in [3.8, 4) is 11.5 Å². The predicted octanol–water partition coefficient (Wildman–Crippen LogP) is 4.41. The molecule has 5 nitrogen and oxygen atoms in total. The number of rotatable bonds is 4. The first-order valence-corrected chi connectivity index (χ1v) is 8.87. The van der Waals surface area contributed by atoms with Crippen molar-refractivity contribution in [1.82, 2.24) is 5.01 Å². The Morgan fingerprint density at radius 3 is 2.62 bits per heavy atom. The Balaban J connectivity index is 1.58. The van der Waals surface area contributed by atoms with Crippen LogP contribution in [0.3, 0.4) is 0 Å². The molecule has 0 N–H and O–H groups in total. The number of fused-ring (bicyclic) bond motifs is 1. The highest BCUT2D eigenvalue weighted by Gasteiger charge is 2.09. The third-order valence-electron chi connectivity index (χ3n) is 4.44. The smallest absolute Gasteiger partial charge is 0.201 e. The van der Waals surface area contributed by atoms with Crippen molar-refractivity contribution in [1.29, 1.82) is 0 Å². The highest BCUT2D eigenvalue weighted by Crippen LogP contribution is 2.24. The van der Waals surface area contributed by atoms with E-state index in [1.807, 2.05) is 35.3 Å². The van der Waals surface area contributed by atoms with Gasteiger partial charge in [-0.1, -0.05) is 18.2 Å². The second-order valence-electron chi connectivity index (χ2n) is 6.35. The minimum atomic E-state index is -0.0849. The summed E-state index contributed by atoms with van der Waals surface area (Å²) in [5.41, 5.74) is 0.872. The van der Waals surface area contributed by atoms with Crippen molar-refractivity contribution in [2.24, 2.45) is 5.10 Å². The van der Waals surface area contributed by atoms with Crippen LogP contribution < -0.4 is 10.2 Å².